The molecule has 0 bridgehead atoms. The summed E-state index contributed by atoms with van der Waals surface area (Å²) in [5, 5.41) is 0. The summed E-state index contributed by atoms with van der Waals surface area (Å²) in [6, 6.07) is 0. The summed E-state index contributed by atoms with van der Waals surface area (Å²) in [4.78, 5) is 23.0. The maximum atomic E-state index is 11.5. The summed E-state index contributed by atoms with van der Waals surface area (Å²) in [6.07, 6.45) is -2.19. The second-order valence-electron chi connectivity index (χ2n) is 6.00. The van der Waals surface area contributed by atoms with Crippen LogP contribution in [0, 0.1) is 10.8 Å². The number of hydrogen-bond acceptors (Lipinski definition) is 6. The molecule has 0 atom stereocenters. The van der Waals surface area contributed by atoms with Crippen LogP contribution in [0.2, 0.25) is 0 Å². The first kappa shape index (κ1) is 16.6. The molecule has 20 heavy (non-hydrogen) atoms. The number of carbonyl (C=O) groups is 2. The fourth-order valence-corrected chi connectivity index (χ4v) is 3.20. The molecule has 6 heteroatoms. The van der Waals surface area contributed by atoms with Crippen LogP contribution in [0.3, 0.4) is 0 Å². The zero-order chi connectivity index (χ0) is 15.6. The molecule has 0 heterocycles. The van der Waals surface area contributed by atoms with E-state index in [0.717, 1.165) is 0 Å². The third-order valence-corrected chi connectivity index (χ3v) is 3.66. The molecule has 0 amide bonds. The highest BCUT2D eigenvalue weighted by Crippen LogP contribution is 2.57. The molecule has 0 N–H and O–H groups in total. The molecule has 6 nitrogen and oxygen atoms in total. The molecule has 0 aromatic heterocycles. The standard InChI is InChI=1S/C14H24O6/c1-7-17-11(15)19-9-13(3,4)10(14(9,5)6)20-12(16)18-8-2/h9-10H,7-8H2,1-6H3. The third kappa shape index (κ3) is 2.99. The van der Waals surface area contributed by atoms with Crippen molar-refractivity contribution >= 4 is 12.3 Å². The number of hydrogen-bond donors (Lipinski definition) is 0. The highest BCUT2D eigenvalue weighted by molar-refractivity contribution is 5.62. The van der Waals surface area contributed by atoms with Crippen molar-refractivity contribution < 1.29 is 28.5 Å². The molecule has 0 unspecified atom stereocenters. The van der Waals surface area contributed by atoms with Crippen LogP contribution >= 0.6 is 0 Å². The van der Waals surface area contributed by atoms with E-state index in [9.17, 15) is 9.59 Å². The van der Waals surface area contributed by atoms with E-state index in [1.165, 1.54) is 0 Å². The second kappa shape index (κ2) is 5.89. The summed E-state index contributed by atoms with van der Waals surface area (Å²) in [7, 11) is 0. The number of rotatable bonds is 4. The van der Waals surface area contributed by atoms with E-state index >= 15 is 0 Å². The van der Waals surface area contributed by atoms with Crippen molar-refractivity contribution in [3.63, 3.8) is 0 Å². The monoisotopic (exact) mass is 288 g/mol. The Morgan fingerprint density at radius 2 is 1.10 bits per heavy atom. The molecule has 0 aliphatic heterocycles. The van der Waals surface area contributed by atoms with Gasteiger partial charge in [0.05, 0.1) is 13.2 Å². The molecular weight excluding hydrogens is 264 g/mol. The van der Waals surface area contributed by atoms with Gasteiger partial charge in [0, 0.05) is 10.8 Å². The Kier molecular flexibility index (Phi) is 4.89. The molecule has 0 spiro atoms. The summed E-state index contributed by atoms with van der Waals surface area (Å²) in [5.41, 5.74) is -0.994. The van der Waals surface area contributed by atoms with Crippen molar-refractivity contribution in [3.8, 4) is 0 Å². The van der Waals surface area contributed by atoms with Gasteiger partial charge in [0.15, 0.2) is 0 Å². The molecule has 1 aliphatic carbocycles. The van der Waals surface area contributed by atoms with Crippen LogP contribution in [-0.2, 0) is 18.9 Å². The first-order chi connectivity index (χ1) is 9.17. The predicted molar refractivity (Wildman–Crippen MR) is 71.4 cm³/mol. The maximum Gasteiger partial charge on any atom is 0.508 e. The summed E-state index contributed by atoms with van der Waals surface area (Å²) in [6.45, 7) is 11.5. The van der Waals surface area contributed by atoms with Crippen LogP contribution in [0.5, 0.6) is 0 Å². The smallest absolute Gasteiger partial charge is 0.435 e. The lowest BCUT2D eigenvalue weighted by atomic mass is 9.51. The van der Waals surface area contributed by atoms with Gasteiger partial charge in [0.1, 0.15) is 12.2 Å². The fraction of sp³-hybridized carbons (Fsp3) is 0.857. The van der Waals surface area contributed by atoms with Crippen molar-refractivity contribution in [2.45, 2.75) is 53.8 Å². The average molecular weight is 288 g/mol. The minimum Gasteiger partial charge on any atom is -0.435 e. The van der Waals surface area contributed by atoms with Gasteiger partial charge in [0.2, 0.25) is 0 Å². The predicted octanol–water partition coefficient (Wildman–Crippen LogP) is 3.14. The van der Waals surface area contributed by atoms with Crippen molar-refractivity contribution in [2.75, 3.05) is 13.2 Å². The molecule has 0 aromatic rings. The summed E-state index contributed by atoms with van der Waals surface area (Å²) in [5.74, 6) is 0. The van der Waals surface area contributed by atoms with Gasteiger partial charge in [-0.2, -0.15) is 0 Å². The van der Waals surface area contributed by atoms with E-state index < -0.39 is 35.3 Å². The lowest BCUT2D eigenvalue weighted by Crippen LogP contribution is -2.69. The van der Waals surface area contributed by atoms with Gasteiger partial charge in [-0.1, -0.05) is 27.7 Å². The Balaban J connectivity index is 2.73. The van der Waals surface area contributed by atoms with Crippen molar-refractivity contribution in [1.82, 2.24) is 0 Å². The maximum absolute atomic E-state index is 11.5. The average Bonchev–Trinajstić information content (AvgIpc) is 2.33. The van der Waals surface area contributed by atoms with E-state index in [2.05, 4.69) is 0 Å². The first-order valence-electron chi connectivity index (χ1n) is 6.84. The van der Waals surface area contributed by atoms with Crippen LogP contribution in [0.15, 0.2) is 0 Å². The SMILES string of the molecule is CCOC(=O)OC1C(C)(C)C(OC(=O)OCC)C1(C)C. The van der Waals surface area contributed by atoms with Crippen molar-refractivity contribution in [2.24, 2.45) is 10.8 Å². The third-order valence-electron chi connectivity index (χ3n) is 3.66. The van der Waals surface area contributed by atoms with Crippen LogP contribution in [0.4, 0.5) is 9.59 Å². The number of carbonyl (C=O) groups excluding carboxylic acids is 2. The van der Waals surface area contributed by atoms with Gasteiger partial charge in [-0.15, -0.1) is 0 Å². The highest BCUT2D eigenvalue weighted by Gasteiger charge is 2.66. The van der Waals surface area contributed by atoms with E-state index in [-0.39, 0.29) is 13.2 Å². The number of ether oxygens (including phenoxy) is 4. The minimum absolute atomic E-state index is 0.259. The molecule has 116 valence electrons. The van der Waals surface area contributed by atoms with Gasteiger partial charge in [0.25, 0.3) is 0 Å². The Bertz CT molecular complexity index is 326. The van der Waals surface area contributed by atoms with Crippen LogP contribution in [0.1, 0.15) is 41.5 Å². The van der Waals surface area contributed by atoms with Gasteiger partial charge in [-0.25, -0.2) is 9.59 Å². The van der Waals surface area contributed by atoms with Crippen LogP contribution < -0.4 is 0 Å². The van der Waals surface area contributed by atoms with Gasteiger partial charge in [-0.05, 0) is 13.8 Å². The highest BCUT2D eigenvalue weighted by atomic mass is 16.7. The lowest BCUT2D eigenvalue weighted by molar-refractivity contribution is -0.255. The summed E-state index contributed by atoms with van der Waals surface area (Å²) < 4.78 is 20.3. The van der Waals surface area contributed by atoms with Crippen LogP contribution in [-0.4, -0.2) is 37.7 Å². The Morgan fingerprint density at radius 1 is 0.800 bits per heavy atom. The Morgan fingerprint density at radius 3 is 1.35 bits per heavy atom. The van der Waals surface area contributed by atoms with E-state index in [0.29, 0.717) is 0 Å². The van der Waals surface area contributed by atoms with E-state index in [1.807, 2.05) is 27.7 Å². The molecule has 1 rings (SSSR count). The molecule has 1 saturated carbocycles. The first-order valence-corrected chi connectivity index (χ1v) is 6.84. The van der Waals surface area contributed by atoms with Gasteiger partial charge in [-0.3, -0.25) is 0 Å². The Labute approximate surface area is 119 Å². The largest absolute Gasteiger partial charge is 0.508 e. The Hall–Kier alpha value is -1.46. The molecule has 1 fully saturated rings. The minimum atomic E-state index is -0.701. The summed E-state index contributed by atoms with van der Waals surface area (Å²) >= 11 is 0. The molecular formula is C14H24O6. The van der Waals surface area contributed by atoms with Crippen LogP contribution in [0.25, 0.3) is 0 Å². The van der Waals surface area contributed by atoms with E-state index in [4.69, 9.17) is 18.9 Å². The zero-order valence-corrected chi connectivity index (χ0v) is 13.0. The fourth-order valence-electron chi connectivity index (χ4n) is 3.20. The van der Waals surface area contributed by atoms with Gasteiger partial charge < -0.3 is 18.9 Å². The lowest BCUT2D eigenvalue weighted by Gasteiger charge is -2.60. The topological polar surface area (TPSA) is 71.1 Å². The zero-order valence-electron chi connectivity index (χ0n) is 13.0. The van der Waals surface area contributed by atoms with E-state index in [1.54, 1.807) is 13.8 Å². The molecule has 1 aliphatic rings. The second-order valence-corrected chi connectivity index (χ2v) is 6.00. The molecule has 0 radical (unpaired) electrons. The van der Waals surface area contributed by atoms with Crippen molar-refractivity contribution in [1.29, 1.82) is 0 Å². The quantitative estimate of drug-likeness (QED) is 0.740. The van der Waals surface area contributed by atoms with Crippen molar-refractivity contribution in [3.05, 3.63) is 0 Å². The molecule has 0 saturated heterocycles. The molecule has 0 aromatic carbocycles. The normalized spacial score (nSPS) is 26.1. The van der Waals surface area contributed by atoms with Gasteiger partial charge >= 0.3 is 12.3 Å².